The Hall–Kier alpha value is -1.58. The van der Waals surface area contributed by atoms with Gasteiger partial charge in [-0.15, -0.1) is 0 Å². The van der Waals surface area contributed by atoms with Gasteiger partial charge in [-0.25, -0.2) is 4.79 Å². The van der Waals surface area contributed by atoms with E-state index in [4.69, 9.17) is 0 Å². The molecule has 0 spiro atoms. The van der Waals surface area contributed by atoms with Crippen molar-refractivity contribution < 1.29 is 4.79 Å². The third-order valence-corrected chi connectivity index (χ3v) is 4.79. The third kappa shape index (κ3) is 3.30. The molecule has 0 saturated heterocycles. The second kappa shape index (κ2) is 6.25. The molecule has 4 nitrogen and oxygen atoms in total. The average molecular weight is 273 g/mol. The number of amides is 2. The summed E-state index contributed by atoms with van der Waals surface area (Å²) in [5.74, 6) is 1.75. The number of carbonyl (C=O) groups excluding carboxylic acids is 1. The van der Waals surface area contributed by atoms with Crippen LogP contribution in [0.25, 0.3) is 0 Å². The first-order valence-electron chi connectivity index (χ1n) is 7.79. The first-order valence-corrected chi connectivity index (χ1v) is 7.79. The highest BCUT2D eigenvalue weighted by Gasteiger charge is 2.32. The summed E-state index contributed by atoms with van der Waals surface area (Å²) in [5, 5.41) is 5.97. The molecule has 3 rings (SSSR count). The Morgan fingerprint density at radius 1 is 1.15 bits per heavy atom. The molecule has 0 unspecified atom stereocenters. The van der Waals surface area contributed by atoms with Crippen LogP contribution in [0.2, 0.25) is 0 Å². The maximum atomic E-state index is 12.0. The number of fused-ring (bicyclic) bond motifs is 1. The monoisotopic (exact) mass is 273 g/mol. The van der Waals surface area contributed by atoms with Crippen LogP contribution in [0.5, 0.6) is 0 Å². The molecule has 2 N–H and O–H groups in total. The van der Waals surface area contributed by atoms with Crippen molar-refractivity contribution in [2.45, 2.75) is 51.0 Å². The number of aromatic nitrogens is 1. The molecule has 2 aliphatic rings. The summed E-state index contributed by atoms with van der Waals surface area (Å²) in [7, 11) is 0. The molecule has 0 radical (unpaired) electrons. The van der Waals surface area contributed by atoms with Gasteiger partial charge in [0.2, 0.25) is 0 Å². The zero-order valence-electron chi connectivity index (χ0n) is 11.8. The third-order valence-electron chi connectivity index (χ3n) is 4.79. The summed E-state index contributed by atoms with van der Waals surface area (Å²) >= 11 is 0. The minimum Gasteiger partial charge on any atom is -0.335 e. The van der Waals surface area contributed by atoms with Crippen molar-refractivity contribution in [1.82, 2.24) is 10.3 Å². The predicted molar refractivity (Wildman–Crippen MR) is 79.5 cm³/mol. The van der Waals surface area contributed by atoms with Crippen LogP contribution in [0, 0.1) is 11.8 Å². The van der Waals surface area contributed by atoms with Gasteiger partial charge >= 0.3 is 6.03 Å². The molecule has 2 amide bonds. The normalized spacial score (nSPS) is 29.3. The fourth-order valence-corrected chi connectivity index (χ4v) is 3.79. The van der Waals surface area contributed by atoms with Gasteiger partial charge in [0.1, 0.15) is 0 Å². The van der Waals surface area contributed by atoms with E-state index in [-0.39, 0.29) is 6.03 Å². The van der Waals surface area contributed by atoms with Gasteiger partial charge in [-0.1, -0.05) is 25.7 Å². The van der Waals surface area contributed by atoms with Crippen LogP contribution in [0.15, 0.2) is 24.5 Å². The smallest absolute Gasteiger partial charge is 0.319 e. The van der Waals surface area contributed by atoms with Gasteiger partial charge in [0.25, 0.3) is 0 Å². The molecule has 20 heavy (non-hydrogen) atoms. The lowest BCUT2D eigenvalue weighted by atomic mass is 9.69. The molecule has 0 aliphatic heterocycles. The molecule has 2 fully saturated rings. The Kier molecular flexibility index (Phi) is 4.19. The van der Waals surface area contributed by atoms with Gasteiger partial charge in [0.05, 0.1) is 11.9 Å². The lowest BCUT2D eigenvalue weighted by Gasteiger charge is -2.39. The van der Waals surface area contributed by atoms with Gasteiger partial charge in [-0.3, -0.25) is 4.98 Å². The molecule has 0 bridgehead atoms. The second-order valence-electron chi connectivity index (χ2n) is 6.15. The van der Waals surface area contributed by atoms with Crippen LogP contribution in [-0.2, 0) is 0 Å². The van der Waals surface area contributed by atoms with Gasteiger partial charge in [-0.05, 0) is 43.2 Å². The Labute approximate surface area is 120 Å². The van der Waals surface area contributed by atoms with Crippen molar-refractivity contribution >= 4 is 11.7 Å². The maximum Gasteiger partial charge on any atom is 0.319 e. The highest BCUT2D eigenvalue weighted by Crippen LogP contribution is 2.40. The fourth-order valence-electron chi connectivity index (χ4n) is 3.79. The van der Waals surface area contributed by atoms with E-state index in [1.807, 2.05) is 12.1 Å². The van der Waals surface area contributed by atoms with E-state index in [0.717, 1.165) is 30.4 Å². The number of pyridine rings is 1. The molecule has 1 aromatic heterocycles. The van der Waals surface area contributed by atoms with Crippen LogP contribution >= 0.6 is 0 Å². The summed E-state index contributed by atoms with van der Waals surface area (Å²) in [6.45, 7) is 0. The summed E-state index contributed by atoms with van der Waals surface area (Å²) in [5.41, 5.74) is 0.747. The van der Waals surface area contributed by atoms with Gasteiger partial charge in [0, 0.05) is 12.2 Å². The number of hydrogen-bond acceptors (Lipinski definition) is 2. The minimum atomic E-state index is -0.0998. The number of hydrogen-bond donors (Lipinski definition) is 2. The summed E-state index contributed by atoms with van der Waals surface area (Å²) in [4.78, 5) is 16.0. The van der Waals surface area contributed by atoms with E-state index in [1.54, 1.807) is 12.4 Å². The van der Waals surface area contributed by atoms with Crippen LogP contribution < -0.4 is 10.6 Å². The van der Waals surface area contributed by atoms with E-state index >= 15 is 0 Å². The van der Waals surface area contributed by atoms with E-state index < -0.39 is 0 Å². The van der Waals surface area contributed by atoms with Crippen molar-refractivity contribution in [3.05, 3.63) is 24.5 Å². The maximum absolute atomic E-state index is 12.0. The SMILES string of the molecule is O=C(Nc1cccnc1)N[C@@H]1CC[C@@H]2CCCC[C@H]2C1. The number of carbonyl (C=O) groups is 1. The van der Waals surface area contributed by atoms with Crippen LogP contribution in [0.1, 0.15) is 44.9 Å². The largest absolute Gasteiger partial charge is 0.335 e. The van der Waals surface area contributed by atoms with Crippen LogP contribution in [0.3, 0.4) is 0 Å². The Bertz CT molecular complexity index is 448. The van der Waals surface area contributed by atoms with E-state index in [9.17, 15) is 4.79 Å². The van der Waals surface area contributed by atoms with Crippen molar-refractivity contribution in [2.75, 3.05) is 5.32 Å². The zero-order valence-corrected chi connectivity index (χ0v) is 11.8. The zero-order chi connectivity index (χ0) is 13.8. The second-order valence-corrected chi connectivity index (χ2v) is 6.15. The van der Waals surface area contributed by atoms with Crippen molar-refractivity contribution in [2.24, 2.45) is 11.8 Å². The molecule has 2 aliphatic carbocycles. The molecule has 1 heterocycles. The molecule has 4 heteroatoms. The number of anilines is 1. The van der Waals surface area contributed by atoms with Crippen molar-refractivity contribution in [3.8, 4) is 0 Å². The lowest BCUT2D eigenvalue weighted by molar-refractivity contribution is 0.146. The summed E-state index contributed by atoms with van der Waals surface area (Å²) in [6.07, 6.45) is 12.5. The van der Waals surface area contributed by atoms with Gasteiger partial charge in [-0.2, -0.15) is 0 Å². The van der Waals surface area contributed by atoms with Crippen LogP contribution in [0.4, 0.5) is 10.5 Å². The first-order chi connectivity index (χ1) is 9.81. The van der Waals surface area contributed by atoms with Crippen molar-refractivity contribution in [1.29, 1.82) is 0 Å². The standard InChI is InChI=1S/C16H23N3O/c20-16(19-15-6-3-9-17-11-15)18-14-8-7-12-4-1-2-5-13(12)10-14/h3,6,9,11-14H,1-2,4-5,7-8,10H2,(H2,18,19,20)/t12-,13-,14+/m0/s1. The minimum absolute atomic E-state index is 0.0998. The molecular weight excluding hydrogens is 250 g/mol. The van der Waals surface area contributed by atoms with Gasteiger partial charge in [0.15, 0.2) is 0 Å². The lowest BCUT2D eigenvalue weighted by Crippen LogP contribution is -2.43. The average Bonchev–Trinajstić information content (AvgIpc) is 2.48. The van der Waals surface area contributed by atoms with E-state index in [0.29, 0.717) is 6.04 Å². The van der Waals surface area contributed by atoms with E-state index in [2.05, 4.69) is 15.6 Å². The number of nitrogens with one attached hydrogen (secondary N) is 2. The Balaban J connectivity index is 1.49. The number of nitrogens with zero attached hydrogens (tertiary/aromatic N) is 1. The highest BCUT2D eigenvalue weighted by molar-refractivity contribution is 5.89. The number of rotatable bonds is 2. The number of urea groups is 1. The van der Waals surface area contributed by atoms with Crippen molar-refractivity contribution in [3.63, 3.8) is 0 Å². The fraction of sp³-hybridized carbons (Fsp3) is 0.625. The molecule has 108 valence electrons. The van der Waals surface area contributed by atoms with E-state index in [1.165, 1.54) is 32.1 Å². The van der Waals surface area contributed by atoms with Crippen LogP contribution in [-0.4, -0.2) is 17.1 Å². The summed E-state index contributed by atoms with van der Waals surface area (Å²) < 4.78 is 0. The van der Waals surface area contributed by atoms with Gasteiger partial charge < -0.3 is 10.6 Å². The molecule has 2 saturated carbocycles. The Morgan fingerprint density at radius 3 is 2.80 bits per heavy atom. The molecule has 0 aromatic carbocycles. The summed E-state index contributed by atoms with van der Waals surface area (Å²) in [6, 6.07) is 3.91. The molecule has 3 atom stereocenters. The Morgan fingerprint density at radius 2 is 2.00 bits per heavy atom. The first kappa shape index (κ1) is 13.4. The topological polar surface area (TPSA) is 54.0 Å². The predicted octanol–water partition coefficient (Wildman–Crippen LogP) is 3.56. The highest BCUT2D eigenvalue weighted by atomic mass is 16.2. The molecule has 1 aromatic rings. The quantitative estimate of drug-likeness (QED) is 0.865. The molecular formula is C16H23N3O.